The maximum Gasteiger partial charge on any atom is 0.264 e. The van der Waals surface area contributed by atoms with Crippen LogP contribution in [0.15, 0.2) is 52.5 Å². The Kier molecular flexibility index (Phi) is 6.89. The van der Waals surface area contributed by atoms with E-state index < -0.39 is 10.0 Å². The number of H-pyrrole nitrogens is 1. The molecule has 0 aliphatic carbocycles. The van der Waals surface area contributed by atoms with Gasteiger partial charge in [-0.15, -0.1) is 5.10 Å². The minimum atomic E-state index is -3.68. The fraction of sp³-hybridized carbons (Fsp3) is 0.318. The molecule has 33 heavy (non-hydrogen) atoms. The van der Waals surface area contributed by atoms with Crippen LogP contribution in [0.5, 0.6) is 5.75 Å². The number of carbonyl (C=O) groups excluding carboxylic acids is 1. The number of aromatic amines is 1. The predicted octanol–water partition coefficient (Wildman–Crippen LogP) is 2.46. The third kappa shape index (κ3) is 5.31. The third-order valence-corrected chi connectivity index (χ3v) is 7.83. The average Bonchev–Trinajstić information content (AvgIpc) is 3.42. The summed E-state index contributed by atoms with van der Waals surface area (Å²) in [6, 6.07) is 12.2. The normalized spacial score (nSPS) is 13.1. The van der Waals surface area contributed by atoms with Gasteiger partial charge in [-0.3, -0.25) is 14.2 Å². The molecule has 0 saturated carbocycles. The lowest BCUT2D eigenvalue weighted by atomic mass is 10.2. The van der Waals surface area contributed by atoms with Crippen molar-refractivity contribution in [2.24, 2.45) is 0 Å². The topological polar surface area (TPSA) is 117 Å². The molecule has 0 atom stereocenters. The van der Waals surface area contributed by atoms with Crippen molar-refractivity contribution in [2.75, 3.05) is 29.8 Å². The van der Waals surface area contributed by atoms with Gasteiger partial charge in [-0.1, -0.05) is 30.0 Å². The van der Waals surface area contributed by atoms with Gasteiger partial charge in [0.15, 0.2) is 6.61 Å². The Morgan fingerprint density at radius 2 is 2.06 bits per heavy atom. The molecule has 9 nitrogen and oxygen atoms in total. The number of nitrogens with zero attached hydrogens (tertiary/aromatic N) is 3. The molecular weight excluding hydrogens is 462 g/mol. The minimum absolute atomic E-state index is 0.156. The van der Waals surface area contributed by atoms with Crippen molar-refractivity contribution < 1.29 is 17.9 Å². The molecule has 0 radical (unpaired) electrons. The number of aryl methyl sites for hydroxylation is 2. The number of anilines is 1. The van der Waals surface area contributed by atoms with Crippen LogP contribution in [0.25, 0.3) is 0 Å². The number of rotatable bonds is 9. The summed E-state index contributed by atoms with van der Waals surface area (Å²) in [6.45, 7) is 4.31. The second kappa shape index (κ2) is 9.84. The quantitative estimate of drug-likeness (QED) is 0.352. The highest BCUT2D eigenvalue weighted by atomic mass is 32.2. The molecule has 0 bridgehead atoms. The molecule has 1 aliphatic heterocycles. The van der Waals surface area contributed by atoms with E-state index in [1.807, 2.05) is 31.2 Å². The Hall–Kier alpha value is -3.05. The third-order valence-electron chi connectivity index (χ3n) is 5.17. The highest BCUT2D eigenvalue weighted by Crippen LogP contribution is 2.33. The molecule has 3 aromatic rings. The summed E-state index contributed by atoms with van der Waals surface area (Å²) >= 11 is 1.44. The van der Waals surface area contributed by atoms with Crippen molar-refractivity contribution in [3.63, 3.8) is 0 Å². The fourth-order valence-corrected chi connectivity index (χ4v) is 5.83. The lowest BCUT2D eigenvalue weighted by Gasteiger charge is -2.20. The van der Waals surface area contributed by atoms with Gasteiger partial charge >= 0.3 is 0 Å². The lowest BCUT2D eigenvalue weighted by molar-refractivity contribution is -0.122. The molecule has 1 aromatic heterocycles. The summed E-state index contributed by atoms with van der Waals surface area (Å²) in [5.74, 6) is 1.59. The van der Waals surface area contributed by atoms with Gasteiger partial charge in [0.25, 0.3) is 15.9 Å². The van der Waals surface area contributed by atoms with Crippen molar-refractivity contribution >= 4 is 33.4 Å². The van der Waals surface area contributed by atoms with Gasteiger partial charge in [0.2, 0.25) is 5.16 Å². The van der Waals surface area contributed by atoms with Gasteiger partial charge in [0.1, 0.15) is 11.6 Å². The van der Waals surface area contributed by atoms with Gasteiger partial charge < -0.3 is 10.1 Å². The minimum Gasteiger partial charge on any atom is -0.484 e. The Morgan fingerprint density at radius 3 is 2.82 bits per heavy atom. The number of fused-ring (bicyclic) bond motifs is 1. The van der Waals surface area contributed by atoms with E-state index >= 15 is 0 Å². The van der Waals surface area contributed by atoms with E-state index in [2.05, 4.69) is 20.5 Å². The number of thioether (sulfide) groups is 1. The summed E-state index contributed by atoms with van der Waals surface area (Å²) in [4.78, 5) is 16.5. The highest BCUT2D eigenvalue weighted by molar-refractivity contribution is 7.99. The molecular formula is C22H25N5O4S2. The van der Waals surface area contributed by atoms with Gasteiger partial charge in [-0.05, 0) is 55.7 Å². The van der Waals surface area contributed by atoms with E-state index in [1.54, 1.807) is 19.1 Å². The van der Waals surface area contributed by atoms with Crippen molar-refractivity contribution in [3.05, 3.63) is 59.4 Å². The average molecular weight is 488 g/mol. The maximum absolute atomic E-state index is 13.2. The number of para-hydroxylation sites is 1. The Morgan fingerprint density at radius 1 is 1.24 bits per heavy atom. The van der Waals surface area contributed by atoms with Crippen LogP contribution in [0.1, 0.15) is 17.0 Å². The Labute approximate surface area is 197 Å². The van der Waals surface area contributed by atoms with Crippen LogP contribution >= 0.6 is 11.8 Å². The van der Waals surface area contributed by atoms with E-state index in [1.165, 1.54) is 22.1 Å². The lowest BCUT2D eigenvalue weighted by Crippen LogP contribution is -2.31. The number of nitrogens with one attached hydrogen (secondary N) is 2. The number of hydrogen-bond donors (Lipinski definition) is 2. The smallest absolute Gasteiger partial charge is 0.264 e. The number of hydrogen-bond acceptors (Lipinski definition) is 7. The zero-order valence-corrected chi connectivity index (χ0v) is 20.0. The second-order valence-electron chi connectivity index (χ2n) is 7.57. The van der Waals surface area contributed by atoms with Crippen molar-refractivity contribution in [1.29, 1.82) is 0 Å². The molecule has 0 unspecified atom stereocenters. The first-order valence-electron chi connectivity index (χ1n) is 10.5. The summed E-state index contributed by atoms with van der Waals surface area (Å²) in [6.07, 6.45) is 0.695. The molecule has 4 rings (SSSR count). The summed E-state index contributed by atoms with van der Waals surface area (Å²) < 4.78 is 33.4. The van der Waals surface area contributed by atoms with E-state index in [0.717, 1.165) is 17.1 Å². The summed E-state index contributed by atoms with van der Waals surface area (Å²) in [5.41, 5.74) is 2.40. The van der Waals surface area contributed by atoms with Crippen molar-refractivity contribution in [2.45, 2.75) is 30.3 Å². The molecule has 11 heteroatoms. The number of benzene rings is 2. The molecule has 0 spiro atoms. The van der Waals surface area contributed by atoms with E-state index in [4.69, 9.17) is 4.74 Å². The standard InChI is InChI=1S/C22H25N5O4S2/c1-15-13-18(33(29,30)27-11-9-17-5-3-4-6-19(17)27)7-8-20(15)31-14-21(28)23-10-12-32-22-24-16(2)25-26-22/h3-8,13H,9-12,14H2,1-2H3,(H,23,28)(H,24,25,26). The van der Waals surface area contributed by atoms with Gasteiger partial charge in [0.05, 0.1) is 10.6 Å². The van der Waals surface area contributed by atoms with Crippen LogP contribution in [0.3, 0.4) is 0 Å². The molecule has 0 saturated heterocycles. The summed E-state index contributed by atoms with van der Waals surface area (Å²) in [5, 5.41) is 10.2. The molecule has 1 aliphatic rings. The van der Waals surface area contributed by atoms with Crippen LogP contribution in [-0.2, 0) is 21.2 Å². The summed E-state index contributed by atoms with van der Waals surface area (Å²) in [7, 11) is -3.68. The molecule has 2 aromatic carbocycles. The van der Waals surface area contributed by atoms with Crippen LogP contribution in [-0.4, -0.2) is 55.0 Å². The predicted molar refractivity (Wildman–Crippen MR) is 126 cm³/mol. The Balaban J connectivity index is 1.31. The van der Waals surface area contributed by atoms with E-state index in [9.17, 15) is 13.2 Å². The number of sulfonamides is 1. The first kappa shape index (κ1) is 23.1. The van der Waals surface area contributed by atoms with E-state index in [-0.39, 0.29) is 17.4 Å². The van der Waals surface area contributed by atoms with E-state index in [0.29, 0.717) is 41.7 Å². The number of carbonyl (C=O) groups is 1. The number of ether oxygens (including phenoxy) is 1. The maximum atomic E-state index is 13.2. The van der Waals surface area contributed by atoms with Crippen molar-refractivity contribution in [1.82, 2.24) is 20.5 Å². The number of amides is 1. The molecule has 2 N–H and O–H groups in total. The van der Waals surface area contributed by atoms with Crippen molar-refractivity contribution in [3.8, 4) is 5.75 Å². The van der Waals surface area contributed by atoms with Crippen LogP contribution < -0.4 is 14.4 Å². The number of aromatic nitrogens is 3. The van der Waals surface area contributed by atoms with Crippen LogP contribution in [0, 0.1) is 13.8 Å². The van der Waals surface area contributed by atoms with Crippen LogP contribution in [0.2, 0.25) is 0 Å². The van der Waals surface area contributed by atoms with Gasteiger partial charge in [0, 0.05) is 18.8 Å². The molecule has 2 heterocycles. The SMILES string of the molecule is Cc1nc(SCCNC(=O)COc2ccc(S(=O)(=O)N3CCc4ccccc43)cc2C)n[nH]1. The molecule has 1 amide bonds. The monoisotopic (exact) mass is 487 g/mol. The van der Waals surface area contributed by atoms with Crippen LogP contribution in [0.4, 0.5) is 5.69 Å². The van der Waals surface area contributed by atoms with Gasteiger partial charge in [-0.2, -0.15) is 0 Å². The van der Waals surface area contributed by atoms with Gasteiger partial charge in [-0.25, -0.2) is 13.4 Å². The largest absolute Gasteiger partial charge is 0.484 e. The fourth-order valence-electron chi connectivity index (χ4n) is 3.54. The molecule has 174 valence electrons. The zero-order chi connectivity index (χ0) is 23.4. The first-order chi connectivity index (χ1) is 15.8. The highest BCUT2D eigenvalue weighted by Gasteiger charge is 2.30. The molecule has 0 fully saturated rings. The first-order valence-corrected chi connectivity index (χ1v) is 12.9. The zero-order valence-electron chi connectivity index (χ0n) is 18.4. The Bertz CT molecular complexity index is 1260. The second-order valence-corrected chi connectivity index (χ2v) is 10.5.